The summed E-state index contributed by atoms with van der Waals surface area (Å²) in [7, 11) is 2.13. The lowest BCUT2D eigenvalue weighted by atomic mass is 9.98. The lowest BCUT2D eigenvalue weighted by Crippen LogP contribution is -2.55. The molecule has 0 radical (unpaired) electrons. The number of likely N-dealkylation sites (tertiary alicyclic amines) is 1. The molecule has 1 aromatic carbocycles. The number of piperazine rings is 1. The molecule has 2 atom stereocenters. The van der Waals surface area contributed by atoms with E-state index in [1.54, 1.807) is 11.3 Å². The fourth-order valence-electron chi connectivity index (χ4n) is 6.48. The first-order chi connectivity index (χ1) is 20.3. The van der Waals surface area contributed by atoms with Crippen molar-refractivity contribution in [3.8, 4) is 11.9 Å². The molecule has 0 bridgehead atoms. The maximum Gasteiger partial charge on any atom is 0.282 e. The van der Waals surface area contributed by atoms with Crippen LogP contribution in [0.3, 0.4) is 0 Å². The second kappa shape index (κ2) is 12.1. The predicted octanol–water partition coefficient (Wildman–Crippen LogP) is 5.40. The van der Waals surface area contributed by atoms with E-state index in [0.29, 0.717) is 38.2 Å². The van der Waals surface area contributed by atoms with Gasteiger partial charge >= 0.3 is 0 Å². The Hall–Kier alpha value is -3.39. The highest BCUT2D eigenvalue weighted by atomic mass is 35.5. The molecule has 1 amide bonds. The van der Waals surface area contributed by atoms with Crippen LogP contribution in [-0.2, 0) is 17.8 Å². The fourth-order valence-corrected chi connectivity index (χ4v) is 7.65. The summed E-state index contributed by atoms with van der Waals surface area (Å²) < 4.78 is 22.1. The van der Waals surface area contributed by atoms with Gasteiger partial charge in [0.1, 0.15) is 12.4 Å². The van der Waals surface area contributed by atoms with Gasteiger partial charge in [-0.05, 0) is 56.6 Å². The molecule has 3 aliphatic heterocycles. The highest BCUT2D eigenvalue weighted by molar-refractivity contribution is 7.22. The van der Waals surface area contributed by atoms with Gasteiger partial charge in [-0.25, -0.2) is 4.39 Å². The van der Waals surface area contributed by atoms with E-state index in [2.05, 4.69) is 58.7 Å². The number of carbonyl (C=O) groups excluding carboxylic acids is 1. The molecule has 0 saturated carbocycles. The number of hydrogen-bond acceptors (Lipinski definition) is 8. The number of ether oxygens (including phenoxy) is 1. The summed E-state index contributed by atoms with van der Waals surface area (Å²) in [5.74, 6) is -0.347. The number of rotatable bonds is 7. The van der Waals surface area contributed by atoms with Gasteiger partial charge in [-0.1, -0.05) is 24.2 Å². The van der Waals surface area contributed by atoms with Crippen LogP contribution >= 0.6 is 22.9 Å². The largest absolute Gasteiger partial charge is 0.476 e. The van der Waals surface area contributed by atoms with Gasteiger partial charge in [0.05, 0.1) is 22.9 Å². The molecule has 0 N–H and O–H groups in total. The van der Waals surface area contributed by atoms with Crippen molar-refractivity contribution in [1.29, 1.82) is 5.26 Å². The zero-order chi connectivity index (χ0) is 29.4. The number of benzene rings is 1. The Morgan fingerprint density at radius 3 is 2.86 bits per heavy atom. The zero-order valence-corrected chi connectivity index (χ0v) is 25.3. The molecule has 3 aromatic rings. The summed E-state index contributed by atoms with van der Waals surface area (Å²) in [5.41, 5.74) is 3.45. The second-order valence-corrected chi connectivity index (χ2v) is 13.0. The normalized spacial score (nSPS) is 21.0. The zero-order valence-electron chi connectivity index (χ0n) is 23.7. The van der Waals surface area contributed by atoms with Crippen LogP contribution in [0.5, 0.6) is 5.88 Å². The molecule has 5 heterocycles. The number of thiophene rings is 1. The number of likely N-dealkylation sites (N-methyl/N-ethyl adjacent to an activating group) is 1. The summed E-state index contributed by atoms with van der Waals surface area (Å²) in [5, 5.41) is 10.6. The molecule has 11 heteroatoms. The first kappa shape index (κ1) is 28.7. The average Bonchev–Trinajstić information content (AvgIpc) is 3.58. The molecule has 0 aliphatic carbocycles. The number of nitrogens with zero attached hydrogens (tertiary/aromatic N) is 6. The summed E-state index contributed by atoms with van der Waals surface area (Å²) in [6, 6.07) is 12.5. The molecule has 3 aliphatic rings. The Labute approximate surface area is 254 Å². The van der Waals surface area contributed by atoms with Crippen molar-refractivity contribution >= 4 is 50.4 Å². The van der Waals surface area contributed by atoms with Gasteiger partial charge in [0.25, 0.3) is 5.91 Å². The monoisotopic (exact) mass is 608 g/mol. The highest BCUT2D eigenvalue weighted by Crippen LogP contribution is 2.39. The van der Waals surface area contributed by atoms with Crippen molar-refractivity contribution < 1.29 is 13.9 Å². The van der Waals surface area contributed by atoms with Gasteiger partial charge in [0, 0.05) is 66.2 Å². The highest BCUT2D eigenvalue weighted by Gasteiger charge is 2.34. The second-order valence-electron chi connectivity index (χ2n) is 11.3. The van der Waals surface area contributed by atoms with E-state index in [0.717, 1.165) is 69.4 Å². The molecular weight excluding hydrogens is 575 g/mol. The Kier molecular flexibility index (Phi) is 8.26. The van der Waals surface area contributed by atoms with Crippen LogP contribution in [0, 0.1) is 11.3 Å². The standard InChI is InChI=1S/C31H34ClFN6O2S/c1-20(33)31(40)39-14-13-38(18-22(39)8-10-34)30-24-9-12-37(26-6-3-7-27-25(26)16-28(32)42-27)17-21(24)15-29(35-30)41-19-23-5-4-11-36(23)2/h3,6-7,15-16,22-23H,1,4-5,8-9,11-14,17-19H2,2H3/t22-,23-/m0/s1. The average molecular weight is 609 g/mol. The van der Waals surface area contributed by atoms with Crippen molar-refractivity contribution in [3.05, 3.63) is 58.2 Å². The van der Waals surface area contributed by atoms with Crippen molar-refractivity contribution in [1.82, 2.24) is 14.8 Å². The number of anilines is 2. The quantitative estimate of drug-likeness (QED) is 0.333. The molecule has 6 rings (SSSR count). The van der Waals surface area contributed by atoms with Crippen LogP contribution < -0.4 is 14.5 Å². The maximum atomic E-state index is 13.8. The lowest BCUT2D eigenvalue weighted by molar-refractivity contribution is -0.131. The maximum absolute atomic E-state index is 13.8. The Morgan fingerprint density at radius 2 is 2.10 bits per heavy atom. The van der Waals surface area contributed by atoms with Gasteiger partial charge in [0.2, 0.25) is 5.88 Å². The fraction of sp³-hybridized carbons (Fsp3) is 0.452. The van der Waals surface area contributed by atoms with Gasteiger partial charge in [0.15, 0.2) is 5.83 Å². The summed E-state index contributed by atoms with van der Waals surface area (Å²) in [6.07, 6.45) is 3.14. The van der Waals surface area contributed by atoms with Gasteiger partial charge in [-0.3, -0.25) is 4.79 Å². The number of fused-ring (bicyclic) bond motifs is 2. The molecule has 220 valence electrons. The van der Waals surface area contributed by atoms with Crippen LogP contribution in [0.2, 0.25) is 4.34 Å². The van der Waals surface area contributed by atoms with Crippen molar-refractivity contribution in [3.63, 3.8) is 0 Å². The van der Waals surface area contributed by atoms with E-state index in [9.17, 15) is 14.4 Å². The van der Waals surface area contributed by atoms with Crippen molar-refractivity contribution in [2.45, 2.75) is 44.3 Å². The number of hydrogen-bond donors (Lipinski definition) is 0. The number of halogens is 2. The number of amides is 1. The van der Waals surface area contributed by atoms with Gasteiger partial charge in [-0.2, -0.15) is 10.2 Å². The van der Waals surface area contributed by atoms with Crippen LogP contribution in [0.4, 0.5) is 15.9 Å². The predicted molar refractivity (Wildman–Crippen MR) is 165 cm³/mol. The molecule has 42 heavy (non-hydrogen) atoms. The van der Waals surface area contributed by atoms with E-state index in [-0.39, 0.29) is 13.0 Å². The molecule has 0 unspecified atom stereocenters. The molecule has 8 nitrogen and oxygen atoms in total. The molecule has 2 saturated heterocycles. The van der Waals surface area contributed by atoms with E-state index < -0.39 is 17.8 Å². The molecule has 2 aromatic heterocycles. The van der Waals surface area contributed by atoms with Crippen LogP contribution in [0.1, 0.15) is 30.4 Å². The number of nitriles is 1. The third-order valence-electron chi connectivity index (χ3n) is 8.71. The van der Waals surface area contributed by atoms with Crippen LogP contribution in [0.25, 0.3) is 10.1 Å². The van der Waals surface area contributed by atoms with E-state index in [1.165, 1.54) is 4.90 Å². The summed E-state index contributed by atoms with van der Waals surface area (Å²) >= 11 is 7.96. The Balaban J connectivity index is 1.32. The lowest BCUT2D eigenvalue weighted by Gasteiger charge is -2.42. The minimum atomic E-state index is -1.00. The summed E-state index contributed by atoms with van der Waals surface area (Å²) in [6.45, 7) is 7.47. The molecule has 2 fully saturated rings. The van der Waals surface area contributed by atoms with Crippen LogP contribution in [-0.4, -0.2) is 79.2 Å². The third kappa shape index (κ3) is 5.65. The minimum Gasteiger partial charge on any atom is -0.476 e. The molecule has 0 spiro atoms. The topological polar surface area (TPSA) is 75.9 Å². The first-order valence-electron chi connectivity index (χ1n) is 14.4. The Morgan fingerprint density at radius 1 is 1.24 bits per heavy atom. The minimum absolute atomic E-state index is 0.100. The Bertz CT molecular complexity index is 1560. The number of carbonyl (C=O) groups is 1. The third-order valence-corrected chi connectivity index (χ3v) is 9.94. The van der Waals surface area contributed by atoms with Crippen molar-refractivity contribution in [2.24, 2.45) is 0 Å². The first-order valence-corrected chi connectivity index (χ1v) is 15.6. The van der Waals surface area contributed by atoms with E-state index in [1.807, 2.05) is 6.07 Å². The molecular formula is C31H34ClFN6O2S. The SMILES string of the molecule is C=C(F)C(=O)N1CCN(c2nc(OC[C@@H]3CCCN3C)cc3c2CCN(c2cccc4sc(Cl)cc24)C3)C[C@@H]1CC#N. The number of aromatic nitrogens is 1. The van der Waals surface area contributed by atoms with Gasteiger partial charge < -0.3 is 24.3 Å². The van der Waals surface area contributed by atoms with Crippen LogP contribution in [0.15, 0.2) is 42.7 Å². The summed E-state index contributed by atoms with van der Waals surface area (Å²) in [4.78, 5) is 25.8. The van der Waals surface area contributed by atoms with E-state index >= 15 is 0 Å². The van der Waals surface area contributed by atoms with E-state index in [4.69, 9.17) is 21.3 Å². The smallest absolute Gasteiger partial charge is 0.282 e. The number of pyridine rings is 1. The van der Waals surface area contributed by atoms with Gasteiger partial charge in [-0.15, -0.1) is 11.3 Å². The van der Waals surface area contributed by atoms with Crippen molar-refractivity contribution in [2.75, 3.05) is 56.2 Å².